The van der Waals surface area contributed by atoms with E-state index in [1.54, 1.807) is 11.3 Å². The molecule has 30 heavy (non-hydrogen) atoms. The molecule has 2 nitrogen and oxygen atoms in total. The van der Waals surface area contributed by atoms with Crippen LogP contribution in [0.3, 0.4) is 0 Å². The molecule has 0 fully saturated rings. The number of rotatable bonds is 4. The first-order valence-corrected chi connectivity index (χ1v) is 12.9. The van der Waals surface area contributed by atoms with Crippen LogP contribution < -0.4 is 21.3 Å². The summed E-state index contributed by atoms with van der Waals surface area (Å²) in [6.07, 6.45) is 3.91. The zero-order chi connectivity index (χ0) is 19.1. The van der Waals surface area contributed by atoms with Crippen LogP contribution in [0.15, 0.2) is 109 Å². The second-order valence-corrected chi connectivity index (χ2v) is 13.3. The van der Waals surface area contributed by atoms with Crippen LogP contribution in [0.2, 0.25) is 0 Å². The second kappa shape index (κ2) is 8.53. The molecule has 0 unspecified atom stereocenters. The summed E-state index contributed by atoms with van der Waals surface area (Å²) in [6.45, 7) is -0.485. The third-order valence-corrected chi connectivity index (χ3v) is 13.2. The maximum atomic E-state index is 4.44. The van der Waals surface area contributed by atoms with E-state index in [9.17, 15) is 0 Å². The average Bonchev–Trinajstić information content (AvgIpc) is 3.40. The van der Waals surface area contributed by atoms with Gasteiger partial charge >= 0.3 is 169 Å². The Hall–Kier alpha value is -2.16. The third-order valence-electron chi connectivity index (χ3n) is 5.91. The first kappa shape index (κ1) is 22.5. The Labute approximate surface area is 193 Å². The Morgan fingerprint density at radius 2 is 1.13 bits per heavy atom. The molecule has 0 saturated carbocycles. The number of hydrogen-bond donors (Lipinski definition) is 0. The molecule has 2 aromatic heterocycles. The van der Waals surface area contributed by atoms with Gasteiger partial charge in [0, 0.05) is 0 Å². The van der Waals surface area contributed by atoms with Crippen LogP contribution in [0, 0.1) is 0 Å². The Balaban J connectivity index is 0.00000128. The van der Waals surface area contributed by atoms with Crippen molar-refractivity contribution in [1.29, 1.82) is 0 Å². The fourth-order valence-corrected chi connectivity index (χ4v) is 11.5. The molecule has 0 saturated heterocycles. The molecule has 0 amide bonds. The molecule has 6 heteroatoms. The van der Waals surface area contributed by atoms with Gasteiger partial charge in [-0.25, -0.2) is 0 Å². The molecule has 0 spiro atoms. The summed E-state index contributed by atoms with van der Waals surface area (Å²) in [5, 5.41) is 6.42. The molecular formula is C24H23Cl2N2PS. The predicted molar refractivity (Wildman–Crippen MR) is 138 cm³/mol. The van der Waals surface area contributed by atoms with E-state index in [4.69, 9.17) is 0 Å². The number of halogens is 2. The number of hydrogen-bond acceptors (Lipinski definition) is 2. The average molecular weight is 473 g/mol. The first-order chi connectivity index (χ1) is 13.7. The van der Waals surface area contributed by atoms with Gasteiger partial charge in [0.1, 0.15) is 0 Å². The molecule has 0 radical (unpaired) electrons. The van der Waals surface area contributed by atoms with Gasteiger partial charge in [-0.1, -0.05) is 0 Å². The van der Waals surface area contributed by atoms with Gasteiger partial charge in [-0.3, -0.25) is 0 Å². The normalized spacial score (nSPS) is 12.4. The maximum Gasteiger partial charge on any atom is -0.147 e. The van der Waals surface area contributed by atoms with Gasteiger partial charge in [0.25, 0.3) is 0 Å². The Kier molecular flexibility index (Phi) is 6.40. The number of nitrogens with zero attached hydrogens (tertiary/aromatic N) is 2. The molecular weight excluding hydrogens is 450 g/mol. The van der Waals surface area contributed by atoms with Crippen LogP contribution in [-0.4, -0.2) is 16.0 Å². The SMILES string of the molecule is CP(c1ccccc1)(c1ccccc1)(c1ccccc1)c1csc2cncn12.Cl.Cl. The smallest absolute Gasteiger partial charge is 0.147 e. The molecule has 0 aliphatic carbocycles. The van der Waals surface area contributed by atoms with Crippen molar-refractivity contribution in [3.05, 3.63) is 109 Å². The van der Waals surface area contributed by atoms with Crippen molar-refractivity contribution in [2.24, 2.45) is 0 Å². The zero-order valence-electron chi connectivity index (χ0n) is 16.5. The van der Waals surface area contributed by atoms with E-state index in [0.29, 0.717) is 0 Å². The van der Waals surface area contributed by atoms with Crippen molar-refractivity contribution < 1.29 is 0 Å². The predicted octanol–water partition coefficient (Wildman–Crippen LogP) is 5.02. The minimum Gasteiger partial charge on any atom is -0.147 e. The van der Waals surface area contributed by atoms with Crippen molar-refractivity contribution in [3.63, 3.8) is 0 Å². The molecule has 0 N–H and O–H groups in total. The number of benzene rings is 3. The molecule has 154 valence electrons. The van der Waals surface area contributed by atoms with Gasteiger partial charge in [-0.2, -0.15) is 0 Å². The topological polar surface area (TPSA) is 17.3 Å². The molecule has 0 aliphatic heterocycles. The Bertz CT molecular complexity index is 1140. The first-order valence-electron chi connectivity index (χ1n) is 9.31. The van der Waals surface area contributed by atoms with E-state index >= 15 is 0 Å². The minimum absolute atomic E-state index is 0. The van der Waals surface area contributed by atoms with Crippen LogP contribution in [0.25, 0.3) is 4.83 Å². The fourth-order valence-electron chi connectivity index (χ4n) is 4.36. The van der Waals surface area contributed by atoms with Crippen LogP contribution in [0.5, 0.6) is 0 Å². The van der Waals surface area contributed by atoms with Gasteiger partial charge in [0.05, 0.1) is 0 Å². The molecule has 5 aromatic rings. The third kappa shape index (κ3) is 3.01. The van der Waals surface area contributed by atoms with Crippen molar-refractivity contribution in [2.75, 3.05) is 6.66 Å². The van der Waals surface area contributed by atoms with Crippen molar-refractivity contribution >= 4 is 68.9 Å². The summed E-state index contributed by atoms with van der Waals surface area (Å²) in [5.41, 5.74) is 1.33. The molecule has 5 rings (SSSR count). The Morgan fingerprint density at radius 3 is 1.57 bits per heavy atom. The summed E-state index contributed by atoms with van der Waals surface area (Å²) < 4.78 is 2.29. The van der Waals surface area contributed by atoms with Crippen LogP contribution in [0.4, 0.5) is 0 Å². The summed E-state index contributed by atoms with van der Waals surface area (Å²) in [6, 6.07) is 33.0. The van der Waals surface area contributed by atoms with Gasteiger partial charge in [0.15, 0.2) is 0 Å². The monoisotopic (exact) mass is 472 g/mol. The van der Waals surface area contributed by atoms with Crippen LogP contribution in [0.1, 0.15) is 0 Å². The van der Waals surface area contributed by atoms with E-state index in [-0.39, 0.29) is 24.8 Å². The molecule has 0 bridgehead atoms. The zero-order valence-corrected chi connectivity index (χ0v) is 19.8. The summed E-state index contributed by atoms with van der Waals surface area (Å²) >= 11 is 1.76. The largest absolute Gasteiger partial charge is 0.147 e. The summed E-state index contributed by atoms with van der Waals surface area (Å²) in [5.74, 6) is 0. The van der Waals surface area contributed by atoms with Gasteiger partial charge in [0.2, 0.25) is 0 Å². The fraction of sp³-hybridized carbons (Fsp3) is 0.0417. The van der Waals surface area contributed by atoms with Gasteiger partial charge in [-0.05, 0) is 0 Å². The van der Waals surface area contributed by atoms with E-state index < -0.39 is 6.60 Å². The van der Waals surface area contributed by atoms with Crippen molar-refractivity contribution in [1.82, 2.24) is 9.38 Å². The van der Waals surface area contributed by atoms with E-state index in [1.165, 1.54) is 26.2 Å². The summed E-state index contributed by atoms with van der Waals surface area (Å²) in [7, 11) is 0. The second-order valence-electron chi connectivity index (χ2n) is 7.27. The van der Waals surface area contributed by atoms with Gasteiger partial charge < -0.3 is 0 Å². The molecule has 3 aromatic carbocycles. The van der Waals surface area contributed by atoms with Gasteiger partial charge in [-0.15, -0.1) is 24.8 Å². The van der Waals surface area contributed by atoms with E-state index in [0.717, 1.165) is 0 Å². The van der Waals surface area contributed by atoms with Crippen LogP contribution >= 0.6 is 42.8 Å². The molecule has 2 heterocycles. The van der Waals surface area contributed by atoms with E-state index in [1.807, 2.05) is 12.5 Å². The number of thiazole rings is 1. The van der Waals surface area contributed by atoms with Crippen molar-refractivity contribution in [3.8, 4) is 0 Å². The number of fused-ring (bicyclic) bond motifs is 1. The minimum atomic E-state index is -2.96. The van der Waals surface area contributed by atoms with Crippen LogP contribution in [-0.2, 0) is 0 Å². The Morgan fingerprint density at radius 1 is 0.700 bits per heavy atom. The number of imidazole rings is 1. The molecule has 0 aliphatic rings. The quantitative estimate of drug-likeness (QED) is 0.335. The van der Waals surface area contributed by atoms with E-state index in [2.05, 4.69) is 112 Å². The number of aromatic nitrogens is 2. The summed E-state index contributed by atoms with van der Waals surface area (Å²) in [4.78, 5) is 5.62. The molecule has 0 atom stereocenters. The maximum absolute atomic E-state index is 4.44. The standard InChI is InChI=1S/C24H21N2PS.2ClH/c1-27(20-11-5-2-6-12-20,21-13-7-3-8-14-21,22-15-9-4-10-16-22)23-18-28-24-17-25-19-26(23)24;;/h2-19H,1H3;2*1H. The van der Waals surface area contributed by atoms with Crippen molar-refractivity contribution in [2.45, 2.75) is 0 Å².